The van der Waals surface area contributed by atoms with Crippen molar-refractivity contribution < 1.29 is 4.79 Å². The van der Waals surface area contributed by atoms with Crippen molar-refractivity contribution in [2.75, 3.05) is 0 Å². The fraction of sp³-hybridized carbons (Fsp3) is 0.857. The molecule has 0 spiro atoms. The third-order valence-electron chi connectivity index (χ3n) is 2.91. The van der Waals surface area contributed by atoms with E-state index in [2.05, 4.69) is 33.0 Å². The van der Waals surface area contributed by atoms with Gasteiger partial charge in [-0.05, 0) is 67.6 Å². The van der Waals surface area contributed by atoms with Crippen LogP contribution >= 0.6 is 12.2 Å². The highest BCUT2D eigenvalue weighted by molar-refractivity contribution is 7.80. The molecule has 0 fully saturated rings. The molecule has 0 aliphatic rings. The number of amides is 2. The lowest BCUT2D eigenvalue weighted by molar-refractivity contribution is 0.168. The maximum atomic E-state index is 12.3. The van der Waals surface area contributed by atoms with Gasteiger partial charge < -0.3 is 9.80 Å². The Labute approximate surface area is 123 Å². The van der Waals surface area contributed by atoms with Crippen LogP contribution in [0.4, 0.5) is 4.79 Å². The Morgan fingerprint density at radius 3 is 1.37 bits per heavy atom. The topological polar surface area (TPSA) is 35.6 Å². The molecule has 0 heterocycles. The fourth-order valence-electron chi connectivity index (χ4n) is 2.35. The fourth-order valence-corrected chi connectivity index (χ4v) is 2.86. The van der Waals surface area contributed by atoms with Crippen molar-refractivity contribution in [2.45, 2.75) is 79.6 Å². The molecule has 0 radical (unpaired) electrons. The zero-order valence-electron chi connectivity index (χ0n) is 13.5. The molecule has 0 aliphatic carbocycles. The van der Waals surface area contributed by atoms with Gasteiger partial charge in [0.25, 0.3) is 0 Å². The lowest BCUT2D eigenvalue weighted by Gasteiger charge is -2.36. The average molecular weight is 287 g/mol. The van der Waals surface area contributed by atoms with Gasteiger partial charge in [-0.15, -0.1) is 0 Å². The number of rotatable bonds is 4. The van der Waals surface area contributed by atoms with Gasteiger partial charge in [-0.3, -0.25) is 5.32 Å². The van der Waals surface area contributed by atoms with Gasteiger partial charge in [0.15, 0.2) is 5.11 Å². The molecule has 0 aromatic rings. The predicted molar refractivity (Wildman–Crippen MR) is 85.4 cm³/mol. The van der Waals surface area contributed by atoms with Gasteiger partial charge in [0.1, 0.15) is 0 Å². The first-order valence-corrected chi connectivity index (χ1v) is 7.42. The maximum Gasteiger partial charge on any atom is 0.324 e. The molecule has 19 heavy (non-hydrogen) atoms. The van der Waals surface area contributed by atoms with Crippen LogP contribution in [-0.4, -0.2) is 45.1 Å². The zero-order chi connectivity index (χ0) is 15.3. The Kier molecular flexibility index (Phi) is 7.34. The van der Waals surface area contributed by atoms with Crippen LogP contribution in [0.2, 0.25) is 0 Å². The zero-order valence-corrected chi connectivity index (χ0v) is 14.3. The number of urea groups is 1. The summed E-state index contributed by atoms with van der Waals surface area (Å²) in [6.07, 6.45) is 0. The van der Waals surface area contributed by atoms with Crippen molar-refractivity contribution in [1.29, 1.82) is 0 Å². The lowest BCUT2D eigenvalue weighted by atomic mass is 10.2. The van der Waals surface area contributed by atoms with Crippen LogP contribution in [0, 0.1) is 0 Å². The van der Waals surface area contributed by atoms with Crippen LogP contribution in [0.1, 0.15) is 55.4 Å². The van der Waals surface area contributed by atoms with Gasteiger partial charge in [0, 0.05) is 24.2 Å². The molecule has 0 aromatic heterocycles. The molecule has 0 aliphatic heterocycles. The van der Waals surface area contributed by atoms with Crippen molar-refractivity contribution in [3.8, 4) is 0 Å². The molecular weight excluding hydrogens is 258 g/mol. The average Bonchev–Trinajstić information content (AvgIpc) is 2.13. The van der Waals surface area contributed by atoms with E-state index in [1.807, 2.05) is 32.6 Å². The number of nitrogens with zero attached hydrogens (tertiary/aromatic N) is 2. The van der Waals surface area contributed by atoms with Crippen molar-refractivity contribution in [3.63, 3.8) is 0 Å². The molecule has 0 bridgehead atoms. The molecule has 0 rings (SSSR count). The third kappa shape index (κ3) is 5.35. The molecule has 5 heteroatoms. The van der Waals surface area contributed by atoms with Crippen LogP contribution in [0.15, 0.2) is 0 Å². The molecule has 2 amide bonds. The van der Waals surface area contributed by atoms with E-state index in [9.17, 15) is 4.79 Å². The summed E-state index contributed by atoms with van der Waals surface area (Å²) < 4.78 is 0. The summed E-state index contributed by atoms with van der Waals surface area (Å²) in [5.74, 6) is 0. The molecule has 0 atom stereocenters. The monoisotopic (exact) mass is 287 g/mol. The first kappa shape index (κ1) is 18.2. The van der Waals surface area contributed by atoms with Crippen LogP contribution in [0.25, 0.3) is 0 Å². The molecule has 0 saturated carbocycles. The molecular formula is C14H29N3OS. The molecule has 112 valence electrons. The summed E-state index contributed by atoms with van der Waals surface area (Å²) in [5, 5.41) is 3.35. The van der Waals surface area contributed by atoms with Crippen molar-refractivity contribution >= 4 is 23.4 Å². The van der Waals surface area contributed by atoms with Gasteiger partial charge in [0.05, 0.1) is 0 Å². The van der Waals surface area contributed by atoms with Gasteiger partial charge in [-0.25, -0.2) is 4.79 Å². The quantitative estimate of drug-likeness (QED) is 0.806. The molecule has 1 N–H and O–H groups in total. The van der Waals surface area contributed by atoms with Crippen LogP contribution in [-0.2, 0) is 0 Å². The van der Waals surface area contributed by atoms with Gasteiger partial charge in [-0.1, -0.05) is 0 Å². The minimum absolute atomic E-state index is 0.124. The Hall–Kier alpha value is -0.840. The van der Waals surface area contributed by atoms with Crippen molar-refractivity contribution in [2.24, 2.45) is 0 Å². The predicted octanol–water partition coefficient (Wildman–Crippen LogP) is 3.22. The highest BCUT2D eigenvalue weighted by atomic mass is 32.1. The summed E-state index contributed by atoms with van der Waals surface area (Å²) in [6, 6.07) is 0.698. The highest BCUT2D eigenvalue weighted by Crippen LogP contribution is 2.08. The first-order valence-electron chi connectivity index (χ1n) is 7.01. The molecule has 0 saturated heterocycles. The second kappa shape index (κ2) is 7.68. The Morgan fingerprint density at radius 1 is 0.789 bits per heavy atom. The van der Waals surface area contributed by atoms with E-state index in [4.69, 9.17) is 12.2 Å². The summed E-state index contributed by atoms with van der Waals surface area (Å²) >= 11 is 5.36. The van der Waals surface area contributed by atoms with E-state index in [1.165, 1.54) is 0 Å². The maximum absolute atomic E-state index is 12.3. The number of hydrogen-bond acceptors (Lipinski definition) is 2. The number of carbonyl (C=O) groups is 1. The largest absolute Gasteiger partial charge is 0.344 e. The summed E-state index contributed by atoms with van der Waals surface area (Å²) in [4.78, 5) is 16.1. The highest BCUT2D eigenvalue weighted by Gasteiger charge is 2.24. The van der Waals surface area contributed by atoms with E-state index < -0.39 is 0 Å². The number of carbonyl (C=O) groups excluding carboxylic acids is 1. The van der Waals surface area contributed by atoms with Crippen LogP contribution in [0.3, 0.4) is 0 Å². The number of hydrogen-bond donors (Lipinski definition) is 1. The first-order chi connectivity index (χ1) is 8.59. The minimum atomic E-state index is -0.124. The van der Waals surface area contributed by atoms with Crippen LogP contribution < -0.4 is 5.32 Å². The normalized spacial score (nSPS) is 11.4. The van der Waals surface area contributed by atoms with Gasteiger partial charge >= 0.3 is 6.03 Å². The second-order valence-corrected chi connectivity index (χ2v) is 6.31. The van der Waals surface area contributed by atoms with E-state index in [-0.39, 0.29) is 30.2 Å². The van der Waals surface area contributed by atoms with Gasteiger partial charge in [-0.2, -0.15) is 0 Å². The molecule has 0 aromatic carbocycles. The smallest absolute Gasteiger partial charge is 0.324 e. The Balaban J connectivity index is 4.83. The molecule has 0 unspecified atom stereocenters. The van der Waals surface area contributed by atoms with Crippen LogP contribution in [0.5, 0.6) is 0 Å². The summed E-state index contributed by atoms with van der Waals surface area (Å²) in [6.45, 7) is 16.3. The Bertz CT molecular complexity index is 268. The summed E-state index contributed by atoms with van der Waals surface area (Å²) in [5.41, 5.74) is 0. The lowest BCUT2D eigenvalue weighted by Crippen LogP contribution is -2.55. The SMILES string of the molecule is CC(C)N(C(=O)NC(=S)N(C(C)C)C(C)C)C(C)C. The van der Waals surface area contributed by atoms with E-state index >= 15 is 0 Å². The standard InChI is InChI=1S/C14H29N3OS/c1-9(2)16(10(3)4)13(18)15-14(19)17(11(5)6)12(7)8/h9-12H,1-8H3,(H,15,18,19). The van der Waals surface area contributed by atoms with E-state index in [0.717, 1.165) is 0 Å². The molecule has 4 nitrogen and oxygen atoms in total. The minimum Gasteiger partial charge on any atom is -0.344 e. The summed E-state index contributed by atoms with van der Waals surface area (Å²) in [7, 11) is 0. The van der Waals surface area contributed by atoms with Crippen molar-refractivity contribution in [3.05, 3.63) is 0 Å². The third-order valence-corrected chi connectivity index (χ3v) is 3.22. The second-order valence-electron chi connectivity index (χ2n) is 5.92. The van der Waals surface area contributed by atoms with E-state index in [1.54, 1.807) is 4.90 Å². The van der Waals surface area contributed by atoms with E-state index in [0.29, 0.717) is 5.11 Å². The number of thiocarbonyl (C=S) groups is 1. The Morgan fingerprint density at radius 2 is 1.11 bits per heavy atom. The van der Waals surface area contributed by atoms with Gasteiger partial charge in [0.2, 0.25) is 0 Å². The van der Waals surface area contributed by atoms with Crippen molar-refractivity contribution in [1.82, 2.24) is 15.1 Å². The number of nitrogens with one attached hydrogen (secondary N) is 1.